The molecule has 1 aliphatic rings. The second-order valence-electron chi connectivity index (χ2n) is 5.65. The fraction of sp³-hybridized carbons (Fsp3) is 0.533. The highest BCUT2D eigenvalue weighted by molar-refractivity contribution is 5.82. The van der Waals surface area contributed by atoms with Gasteiger partial charge in [0.05, 0.1) is 17.7 Å². The Kier molecular flexibility index (Phi) is 4.30. The molecule has 110 valence electrons. The average molecular weight is 278 g/mol. The number of benzene rings is 1. The number of hydrogen-bond acceptors (Lipinski definition) is 4. The summed E-state index contributed by atoms with van der Waals surface area (Å²) < 4.78 is 5.50. The van der Waals surface area contributed by atoms with E-state index in [1.165, 1.54) is 0 Å². The van der Waals surface area contributed by atoms with E-state index >= 15 is 0 Å². The Morgan fingerprint density at radius 2 is 2.20 bits per heavy atom. The van der Waals surface area contributed by atoms with Crippen LogP contribution in [0.1, 0.15) is 25.8 Å². The number of amides is 1. The summed E-state index contributed by atoms with van der Waals surface area (Å²) in [6, 6.07) is 6.11. The van der Waals surface area contributed by atoms with Gasteiger partial charge in [-0.05, 0) is 44.4 Å². The first kappa shape index (κ1) is 14.8. The van der Waals surface area contributed by atoms with Crippen LogP contribution in [0, 0.1) is 0 Å². The fourth-order valence-corrected chi connectivity index (χ4v) is 2.35. The summed E-state index contributed by atoms with van der Waals surface area (Å²) in [5.74, 6) is 0.0362. The molecule has 20 heavy (non-hydrogen) atoms. The Morgan fingerprint density at radius 1 is 1.55 bits per heavy atom. The van der Waals surface area contributed by atoms with Gasteiger partial charge in [0, 0.05) is 6.61 Å². The number of carbonyl (C=O) groups excluding carboxylic acids is 1. The van der Waals surface area contributed by atoms with Gasteiger partial charge in [-0.1, -0.05) is 12.1 Å². The molecule has 0 radical (unpaired) electrons. The lowest BCUT2D eigenvalue weighted by molar-refractivity contribution is -0.124. The minimum atomic E-state index is -0.607. The predicted molar refractivity (Wildman–Crippen MR) is 76.4 cm³/mol. The van der Waals surface area contributed by atoms with E-state index in [9.17, 15) is 9.90 Å². The zero-order valence-electron chi connectivity index (χ0n) is 11.9. The average Bonchev–Trinajstić information content (AvgIpc) is 2.72. The Morgan fingerprint density at radius 3 is 2.75 bits per heavy atom. The summed E-state index contributed by atoms with van der Waals surface area (Å²) in [5.41, 5.74) is 6.53. The Hall–Kier alpha value is -1.59. The van der Waals surface area contributed by atoms with E-state index in [-0.39, 0.29) is 23.3 Å². The standard InChI is InChI=1S/C15H22N2O3/c1-10-15(2,7-8-20-10)17-14(19)13(16)9-11-3-5-12(18)6-4-11/h3-6,10,13,18H,7-9,16H2,1-2H3,(H,17,19)/t10?,13-,15?/m1/s1. The molecule has 5 nitrogen and oxygen atoms in total. The molecule has 2 unspecified atom stereocenters. The van der Waals surface area contributed by atoms with Crippen molar-refractivity contribution < 1.29 is 14.6 Å². The van der Waals surface area contributed by atoms with Gasteiger partial charge >= 0.3 is 0 Å². The van der Waals surface area contributed by atoms with Crippen LogP contribution in [0.15, 0.2) is 24.3 Å². The largest absolute Gasteiger partial charge is 0.508 e. The number of carbonyl (C=O) groups is 1. The molecule has 1 heterocycles. The maximum Gasteiger partial charge on any atom is 0.237 e. The minimum absolute atomic E-state index is 0.00711. The van der Waals surface area contributed by atoms with E-state index in [1.54, 1.807) is 24.3 Å². The molecule has 3 atom stereocenters. The lowest BCUT2D eigenvalue weighted by Gasteiger charge is -2.30. The van der Waals surface area contributed by atoms with Crippen molar-refractivity contribution in [3.05, 3.63) is 29.8 Å². The molecule has 5 heteroatoms. The number of hydrogen-bond donors (Lipinski definition) is 3. The van der Waals surface area contributed by atoms with Crippen molar-refractivity contribution in [2.45, 2.75) is 44.4 Å². The molecular formula is C15H22N2O3. The number of aromatic hydroxyl groups is 1. The number of ether oxygens (including phenoxy) is 1. The van der Waals surface area contributed by atoms with Crippen molar-refractivity contribution in [2.75, 3.05) is 6.61 Å². The van der Waals surface area contributed by atoms with Gasteiger partial charge in [0.1, 0.15) is 5.75 Å². The lowest BCUT2D eigenvalue weighted by Crippen LogP contribution is -2.55. The third kappa shape index (κ3) is 3.29. The quantitative estimate of drug-likeness (QED) is 0.765. The number of nitrogens with one attached hydrogen (secondary N) is 1. The highest BCUT2D eigenvalue weighted by Gasteiger charge is 2.39. The van der Waals surface area contributed by atoms with Crippen LogP contribution in [0.4, 0.5) is 0 Å². The number of phenols is 1. The van der Waals surface area contributed by atoms with Crippen LogP contribution >= 0.6 is 0 Å². The highest BCUT2D eigenvalue weighted by Crippen LogP contribution is 2.25. The van der Waals surface area contributed by atoms with Gasteiger partial charge in [-0.2, -0.15) is 0 Å². The van der Waals surface area contributed by atoms with Crippen molar-refractivity contribution in [3.8, 4) is 5.75 Å². The third-order valence-electron chi connectivity index (χ3n) is 4.02. The minimum Gasteiger partial charge on any atom is -0.508 e. The summed E-state index contributed by atoms with van der Waals surface area (Å²) in [5, 5.41) is 12.2. The van der Waals surface area contributed by atoms with Gasteiger partial charge in [-0.3, -0.25) is 4.79 Å². The van der Waals surface area contributed by atoms with Crippen LogP contribution in [-0.4, -0.2) is 35.3 Å². The maximum absolute atomic E-state index is 12.2. The van der Waals surface area contributed by atoms with Gasteiger partial charge in [-0.25, -0.2) is 0 Å². The van der Waals surface area contributed by atoms with Gasteiger partial charge in [0.15, 0.2) is 0 Å². The molecule has 1 aromatic carbocycles. The normalized spacial score (nSPS) is 27.2. The number of rotatable bonds is 4. The lowest BCUT2D eigenvalue weighted by atomic mass is 9.93. The van der Waals surface area contributed by atoms with Crippen LogP contribution in [0.5, 0.6) is 5.75 Å². The van der Waals surface area contributed by atoms with Crippen LogP contribution in [0.25, 0.3) is 0 Å². The smallest absolute Gasteiger partial charge is 0.237 e. The highest BCUT2D eigenvalue weighted by atomic mass is 16.5. The van der Waals surface area contributed by atoms with Crippen LogP contribution in [0.3, 0.4) is 0 Å². The maximum atomic E-state index is 12.2. The number of nitrogens with two attached hydrogens (primary N) is 1. The fourth-order valence-electron chi connectivity index (χ4n) is 2.35. The molecule has 0 aromatic heterocycles. The Labute approximate surface area is 119 Å². The third-order valence-corrected chi connectivity index (χ3v) is 4.02. The second kappa shape index (κ2) is 5.81. The van der Waals surface area contributed by atoms with Gasteiger partial charge in [0.25, 0.3) is 0 Å². The van der Waals surface area contributed by atoms with Crippen molar-refractivity contribution in [3.63, 3.8) is 0 Å². The first-order valence-electron chi connectivity index (χ1n) is 6.88. The van der Waals surface area contributed by atoms with Crippen molar-refractivity contribution in [1.82, 2.24) is 5.32 Å². The summed E-state index contributed by atoms with van der Waals surface area (Å²) in [7, 11) is 0. The zero-order chi connectivity index (χ0) is 14.8. The molecule has 1 fully saturated rings. The first-order chi connectivity index (χ1) is 9.40. The van der Waals surface area contributed by atoms with E-state index in [2.05, 4.69) is 5.32 Å². The molecule has 2 rings (SSSR count). The monoisotopic (exact) mass is 278 g/mol. The predicted octanol–water partition coefficient (Wildman–Crippen LogP) is 0.946. The molecular weight excluding hydrogens is 256 g/mol. The van der Waals surface area contributed by atoms with Gasteiger partial charge < -0.3 is 20.9 Å². The summed E-state index contributed by atoms with van der Waals surface area (Å²) in [6.45, 7) is 4.60. The zero-order valence-corrected chi connectivity index (χ0v) is 11.9. The molecule has 0 aliphatic carbocycles. The van der Waals surface area contributed by atoms with Gasteiger partial charge in [-0.15, -0.1) is 0 Å². The van der Waals surface area contributed by atoms with E-state index in [1.807, 2.05) is 13.8 Å². The Balaban J connectivity index is 1.93. The topological polar surface area (TPSA) is 84.6 Å². The van der Waals surface area contributed by atoms with E-state index < -0.39 is 6.04 Å². The van der Waals surface area contributed by atoms with Crippen LogP contribution < -0.4 is 11.1 Å². The summed E-state index contributed by atoms with van der Waals surface area (Å²) in [4.78, 5) is 12.2. The van der Waals surface area contributed by atoms with Crippen LogP contribution in [0.2, 0.25) is 0 Å². The SMILES string of the molecule is CC1OCCC1(C)NC(=O)[C@H](N)Cc1ccc(O)cc1. The van der Waals surface area contributed by atoms with Crippen molar-refractivity contribution in [1.29, 1.82) is 0 Å². The second-order valence-corrected chi connectivity index (χ2v) is 5.65. The van der Waals surface area contributed by atoms with Crippen molar-refractivity contribution >= 4 is 5.91 Å². The van der Waals surface area contributed by atoms with E-state index in [0.29, 0.717) is 13.0 Å². The molecule has 1 aromatic rings. The summed E-state index contributed by atoms with van der Waals surface area (Å²) in [6.07, 6.45) is 1.23. The molecule has 1 aliphatic heterocycles. The van der Waals surface area contributed by atoms with Gasteiger partial charge in [0.2, 0.25) is 5.91 Å². The molecule has 4 N–H and O–H groups in total. The molecule has 1 saturated heterocycles. The summed E-state index contributed by atoms with van der Waals surface area (Å²) >= 11 is 0. The first-order valence-corrected chi connectivity index (χ1v) is 6.88. The Bertz CT molecular complexity index is 475. The van der Waals surface area contributed by atoms with E-state index in [0.717, 1.165) is 12.0 Å². The van der Waals surface area contributed by atoms with Crippen molar-refractivity contribution in [2.24, 2.45) is 5.73 Å². The van der Waals surface area contributed by atoms with Crippen LogP contribution in [-0.2, 0) is 16.0 Å². The van der Waals surface area contributed by atoms with E-state index in [4.69, 9.17) is 10.5 Å². The molecule has 0 bridgehead atoms. The molecule has 1 amide bonds. The molecule has 0 saturated carbocycles. The molecule has 0 spiro atoms. The number of phenolic OH excluding ortho intramolecular Hbond substituents is 1.